The predicted molar refractivity (Wildman–Crippen MR) is 83.5 cm³/mol. The second kappa shape index (κ2) is 5.12. The van der Waals surface area contributed by atoms with Crippen LogP contribution in [0.25, 0.3) is 5.65 Å². The van der Waals surface area contributed by atoms with Crippen molar-refractivity contribution in [2.24, 2.45) is 0 Å². The fourth-order valence-corrected chi connectivity index (χ4v) is 3.11. The molecule has 0 unspecified atom stereocenters. The highest BCUT2D eigenvalue weighted by Crippen LogP contribution is 2.43. The van der Waals surface area contributed by atoms with E-state index in [1.54, 1.807) is 18.3 Å². The van der Waals surface area contributed by atoms with Crippen LogP contribution in [-0.2, 0) is 0 Å². The Balaban J connectivity index is 1.79. The van der Waals surface area contributed by atoms with Crippen LogP contribution in [0.3, 0.4) is 0 Å². The fraction of sp³-hybridized carbons (Fsp3) is 0.250. The summed E-state index contributed by atoms with van der Waals surface area (Å²) in [5.74, 6) is -2.97. The van der Waals surface area contributed by atoms with E-state index >= 15 is 0 Å². The fourth-order valence-electron chi connectivity index (χ4n) is 3.11. The quantitative estimate of drug-likeness (QED) is 0.783. The van der Waals surface area contributed by atoms with Crippen molar-refractivity contribution in [2.45, 2.75) is 18.4 Å². The molecule has 0 aliphatic carbocycles. The van der Waals surface area contributed by atoms with Gasteiger partial charge in [-0.05, 0) is 23.8 Å². The molecule has 8 heteroatoms. The second-order valence-corrected chi connectivity index (χ2v) is 5.91. The maximum atomic E-state index is 14.0. The normalized spacial score (nSPS) is 20.0. The van der Waals surface area contributed by atoms with Gasteiger partial charge in [0.1, 0.15) is 11.6 Å². The molecule has 1 atom stereocenters. The van der Waals surface area contributed by atoms with Gasteiger partial charge in [0.15, 0.2) is 5.65 Å². The topological polar surface area (TPSA) is 59.4 Å². The van der Waals surface area contributed by atoms with Gasteiger partial charge in [-0.3, -0.25) is 0 Å². The van der Waals surface area contributed by atoms with Gasteiger partial charge in [-0.25, -0.2) is 22.7 Å². The number of nitrogens with two attached hydrogens (primary N) is 1. The lowest BCUT2D eigenvalue weighted by Crippen LogP contribution is -2.27. The molecule has 24 heavy (non-hydrogen) atoms. The van der Waals surface area contributed by atoms with E-state index in [4.69, 9.17) is 5.73 Å². The highest BCUT2D eigenvalue weighted by molar-refractivity contribution is 5.65. The number of anilines is 2. The monoisotopic (exact) mass is 333 g/mol. The molecule has 1 aliphatic heterocycles. The largest absolute Gasteiger partial charge is 0.394 e. The summed E-state index contributed by atoms with van der Waals surface area (Å²) in [5.41, 5.74) is 7.07. The van der Waals surface area contributed by atoms with Crippen LogP contribution in [0.15, 0.2) is 42.7 Å². The molecule has 1 fully saturated rings. The minimum absolute atomic E-state index is 0.362. The van der Waals surface area contributed by atoms with Crippen molar-refractivity contribution >= 4 is 17.2 Å². The average Bonchev–Trinajstić information content (AvgIpc) is 3.07. The van der Waals surface area contributed by atoms with Gasteiger partial charge in [-0.1, -0.05) is 12.1 Å². The third kappa shape index (κ3) is 2.44. The summed E-state index contributed by atoms with van der Waals surface area (Å²) in [6.45, 7) is -0.481. The van der Waals surface area contributed by atoms with E-state index in [9.17, 15) is 13.2 Å². The van der Waals surface area contributed by atoms with Crippen LogP contribution in [-0.4, -0.2) is 27.1 Å². The Labute approximate surface area is 135 Å². The highest BCUT2D eigenvalue weighted by Gasteiger charge is 2.46. The van der Waals surface area contributed by atoms with E-state index in [1.165, 1.54) is 33.8 Å². The van der Waals surface area contributed by atoms with Crippen LogP contribution in [0.5, 0.6) is 0 Å². The van der Waals surface area contributed by atoms with Crippen LogP contribution in [0.1, 0.15) is 18.0 Å². The van der Waals surface area contributed by atoms with Gasteiger partial charge in [0.25, 0.3) is 5.92 Å². The summed E-state index contributed by atoms with van der Waals surface area (Å²) >= 11 is 0. The first-order valence-corrected chi connectivity index (χ1v) is 7.43. The molecule has 1 saturated heterocycles. The molecule has 1 aliphatic rings. The highest BCUT2D eigenvalue weighted by atomic mass is 19.3. The van der Waals surface area contributed by atoms with Crippen LogP contribution in [0.2, 0.25) is 0 Å². The van der Waals surface area contributed by atoms with Crippen LogP contribution in [0.4, 0.5) is 24.7 Å². The van der Waals surface area contributed by atoms with Gasteiger partial charge in [-0.2, -0.15) is 5.10 Å². The van der Waals surface area contributed by atoms with Crippen LogP contribution < -0.4 is 10.6 Å². The first-order valence-electron chi connectivity index (χ1n) is 7.43. The number of nitrogens with zero attached hydrogens (tertiary/aromatic N) is 4. The van der Waals surface area contributed by atoms with E-state index in [0.29, 0.717) is 22.7 Å². The number of fused-ring (bicyclic) bond motifs is 1. The molecular weight excluding hydrogens is 319 g/mol. The smallest absolute Gasteiger partial charge is 0.267 e. The molecule has 0 spiro atoms. The van der Waals surface area contributed by atoms with E-state index in [2.05, 4.69) is 10.1 Å². The second-order valence-electron chi connectivity index (χ2n) is 5.91. The Morgan fingerprint density at radius 3 is 2.88 bits per heavy atom. The van der Waals surface area contributed by atoms with E-state index in [-0.39, 0.29) is 0 Å². The number of hydrogen-bond acceptors (Lipinski definition) is 4. The van der Waals surface area contributed by atoms with Gasteiger partial charge in [0, 0.05) is 12.6 Å². The van der Waals surface area contributed by atoms with Crippen molar-refractivity contribution < 1.29 is 13.2 Å². The zero-order chi connectivity index (χ0) is 16.9. The summed E-state index contributed by atoms with van der Waals surface area (Å²) in [6, 6.07) is 6.68. The molecule has 0 saturated carbocycles. The lowest BCUT2D eigenvalue weighted by molar-refractivity contribution is 0.0222. The molecule has 0 bridgehead atoms. The number of alkyl halides is 2. The lowest BCUT2D eigenvalue weighted by atomic mass is 10.0. The number of hydrogen-bond donors (Lipinski definition) is 1. The predicted octanol–water partition coefficient (Wildman–Crippen LogP) is 3.04. The third-order valence-electron chi connectivity index (χ3n) is 4.18. The molecule has 4 rings (SSSR count). The van der Waals surface area contributed by atoms with Gasteiger partial charge in [-0.15, -0.1) is 0 Å². The Morgan fingerprint density at radius 1 is 1.25 bits per heavy atom. The van der Waals surface area contributed by atoms with E-state index < -0.39 is 30.7 Å². The Bertz CT molecular complexity index is 908. The van der Waals surface area contributed by atoms with Gasteiger partial charge in [0.05, 0.1) is 24.5 Å². The van der Waals surface area contributed by atoms with Crippen LogP contribution in [0, 0.1) is 5.82 Å². The van der Waals surface area contributed by atoms with Crippen molar-refractivity contribution in [3.05, 3.63) is 54.1 Å². The maximum absolute atomic E-state index is 14.0. The molecule has 0 radical (unpaired) electrons. The summed E-state index contributed by atoms with van der Waals surface area (Å²) < 4.78 is 43.1. The minimum atomic E-state index is -2.88. The molecule has 5 nitrogen and oxygen atoms in total. The number of rotatable bonds is 2. The first kappa shape index (κ1) is 14.8. The average molecular weight is 333 g/mol. The van der Waals surface area contributed by atoms with E-state index in [0.717, 1.165) is 0 Å². The standard InChI is InChI=1S/C16H14F3N5/c17-11-3-1-2-10(6-11)13-7-16(18,19)9-23(13)14-4-5-24-15(22-14)12(20)8-21-24/h1-6,8,13H,7,9,20H2/t13-/m1/s1. The van der Waals surface area contributed by atoms with Crippen molar-refractivity contribution in [1.29, 1.82) is 0 Å². The van der Waals surface area contributed by atoms with Crippen molar-refractivity contribution in [3.63, 3.8) is 0 Å². The molecule has 2 aromatic heterocycles. The van der Waals surface area contributed by atoms with Gasteiger partial charge >= 0.3 is 0 Å². The first-order chi connectivity index (χ1) is 11.4. The maximum Gasteiger partial charge on any atom is 0.267 e. The van der Waals surface area contributed by atoms with Crippen molar-refractivity contribution in [3.8, 4) is 0 Å². The van der Waals surface area contributed by atoms with Gasteiger partial charge < -0.3 is 10.6 Å². The Hall–Kier alpha value is -2.77. The minimum Gasteiger partial charge on any atom is -0.394 e. The zero-order valence-electron chi connectivity index (χ0n) is 12.5. The summed E-state index contributed by atoms with van der Waals surface area (Å²) in [6.07, 6.45) is 2.68. The lowest BCUT2D eigenvalue weighted by Gasteiger charge is -2.25. The molecule has 3 heterocycles. The molecular formula is C16H14F3N5. The molecule has 2 N–H and O–H groups in total. The third-order valence-corrected chi connectivity index (χ3v) is 4.18. The van der Waals surface area contributed by atoms with Crippen molar-refractivity contribution in [2.75, 3.05) is 17.2 Å². The SMILES string of the molecule is Nc1cnn2ccc(N3CC(F)(F)C[C@@H]3c3cccc(F)c3)nc12. The zero-order valence-corrected chi connectivity index (χ0v) is 12.5. The number of nitrogen functional groups attached to an aromatic ring is 1. The molecule has 1 aromatic carbocycles. The summed E-state index contributed by atoms with van der Waals surface area (Å²) in [4.78, 5) is 5.84. The van der Waals surface area contributed by atoms with Crippen LogP contribution >= 0.6 is 0 Å². The van der Waals surface area contributed by atoms with Gasteiger partial charge in [0.2, 0.25) is 0 Å². The molecule has 124 valence electrons. The Kier molecular flexibility index (Phi) is 3.16. The number of halogens is 3. The Morgan fingerprint density at radius 2 is 2.08 bits per heavy atom. The molecule has 0 amide bonds. The molecule has 3 aromatic rings. The number of aromatic nitrogens is 3. The summed E-state index contributed by atoms with van der Waals surface area (Å²) in [7, 11) is 0. The summed E-state index contributed by atoms with van der Waals surface area (Å²) in [5, 5.41) is 4.02. The van der Waals surface area contributed by atoms with Crippen molar-refractivity contribution in [1.82, 2.24) is 14.6 Å². The van der Waals surface area contributed by atoms with E-state index in [1.807, 2.05) is 0 Å². The number of benzene rings is 1.